The van der Waals surface area contributed by atoms with E-state index in [-0.39, 0.29) is 0 Å². The fourth-order valence-corrected chi connectivity index (χ4v) is 1.77. The predicted molar refractivity (Wildman–Crippen MR) is 60.5 cm³/mol. The van der Waals surface area contributed by atoms with Gasteiger partial charge in [0, 0.05) is 13.6 Å². The second kappa shape index (κ2) is 4.13. The topological polar surface area (TPSA) is 49.8 Å². The zero-order valence-corrected chi connectivity index (χ0v) is 9.63. The Bertz CT molecular complexity index is 325. The van der Waals surface area contributed by atoms with Crippen molar-refractivity contribution in [2.45, 2.75) is 12.8 Å². The Morgan fingerprint density at radius 3 is 2.79 bits per heavy atom. The van der Waals surface area contributed by atoms with Gasteiger partial charge >= 0.3 is 0 Å². The van der Waals surface area contributed by atoms with Crippen molar-refractivity contribution in [3.8, 4) is 0 Å². The molecule has 0 aromatic carbocycles. The molecule has 0 unspecified atom stereocenters. The molecular formula is C9H13BrN4. The number of nitrogens with one attached hydrogen (secondary N) is 2. The smallest absolute Gasteiger partial charge is 0.145 e. The number of hydrogen-bond donors (Lipinski definition) is 2. The maximum Gasteiger partial charge on any atom is 0.145 e. The summed E-state index contributed by atoms with van der Waals surface area (Å²) in [5.41, 5.74) is 0. The van der Waals surface area contributed by atoms with Crippen molar-refractivity contribution < 1.29 is 0 Å². The molecule has 1 saturated carbocycles. The van der Waals surface area contributed by atoms with Gasteiger partial charge in [-0.05, 0) is 34.7 Å². The fraction of sp³-hybridized carbons (Fsp3) is 0.556. The molecule has 2 rings (SSSR count). The monoisotopic (exact) mass is 256 g/mol. The van der Waals surface area contributed by atoms with Gasteiger partial charge in [-0.25, -0.2) is 9.97 Å². The Balaban J connectivity index is 2.06. The van der Waals surface area contributed by atoms with Crippen LogP contribution < -0.4 is 10.6 Å². The van der Waals surface area contributed by atoms with Gasteiger partial charge in [0.2, 0.25) is 0 Å². The maximum atomic E-state index is 4.18. The predicted octanol–water partition coefficient (Wildman–Crippen LogP) is 2.10. The molecule has 1 aliphatic rings. The molecule has 1 heterocycles. The lowest BCUT2D eigenvalue weighted by Crippen LogP contribution is -2.07. The molecule has 4 nitrogen and oxygen atoms in total. The van der Waals surface area contributed by atoms with Gasteiger partial charge in [0.05, 0.1) is 0 Å². The van der Waals surface area contributed by atoms with E-state index in [2.05, 4.69) is 36.5 Å². The lowest BCUT2D eigenvalue weighted by molar-refractivity contribution is 0.880. The minimum Gasteiger partial charge on any atom is -0.372 e. The number of rotatable bonds is 4. The second-order valence-electron chi connectivity index (χ2n) is 3.46. The first-order chi connectivity index (χ1) is 6.81. The van der Waals surface area contributed by atoms with E-state index in [0.29, 0.717) is 0 Å². The van der Waals surface area contributed by atoms with Gasteiger partial charge in [-0.2, -0.15) is 0 Å². The van der Waals surface area contributed by atoms with Crippen LogP contribution >= 0.6 is 15.9 Å². The van der Waals surface area contributed by atoms with Crippen molar-refractivity contribution >= 4 is 27.6 Å². The van der Waals surface area contributed by atoms with Crippen molar-refractivity contribution in [1.29, 1.82) is 0 Å². The zero-order chi connectivity index (χ0) is 9.97. The Morgan fingerprint density at radius 1 is 1.43 bits per heavy atom. The largest absolute Gasteiger partial charge is 0.372 e. The molecule has 5 heteroatoms. The number of nitrogens with zero attached hydrogens (tertiary/aromatic N) is 2. The minimum atomic E-state index is 0.818. The van der Waals surface area contributed by atoms with Gasteiger partial charge in [0.1, 0.15) is 22.4 Å². The number of hydrogen-bond acceptors (Lipinski definition) is 4. The van der Waals surface area contributed by atoms with Crippen molar-refractivity contribution in [2.24, 2.45) is 5.92 Å². The molecule has 1 fully saturated rings. The van der Waals surface area contributed by atoms with Crippen LogP contribution in [-0.4, -0.2) is 23.6 Å². The molecule has 2 N–H and O–H groups in total. The number of halogens is 1. The van der Waals surface area contributed by atoms with Gasteiger partial charge in [0.25, 0.3) is 0 Å². The van der Waals surface area contributed by atoms with Crippen LogP contribution in [0.4, 0.5) is 11.6 Å². The third kappa shape index (κ3) is 2.15. The summed E-state index contributed by atoms with van der Waals surface area (Å²) in [5.74, 6) is 2.53. The molecule has 0 bridgehead atoms. The fourth-order valence-electron chi connectivity index (χ4n) is 1.23. The molecule has 1 aromatic rings. The highest BCUT2D eigenvalue weighted by Crippen LogP contribution is 2.31. The highest BCUT2D eigenvalue weighted by Gasteiger charge is 2.21. The highest BCUT2D eigenvalue weighted by atomic mass is 79.9. The van der Waals surface area contributed by atoms with Gasteiger partial charge in [0.15, 0.2) is 0 Å². The normalized spacial score (nSPS) is 15.3. The van der Waals surface area contributed by atoms with Crippen LogP contribution in [0, 0.1) is 5.92 Å². The number of anilines is 2. The van der Waals surface area contributed by atoms with Gasteiger partial charge in [-0.15, -0.1) is 0 Å². The first kappa shape index (κ1) is 9.71. The first-order valence-electron chi connectivity index (χ1n) is 4.73. The Morgan fingerprint density at radius 2 is 2.14 bits per heavy atom. The summed E-state index contributed by atoms with van der Waals surface area (Å²) >= 11 is 3.46. The summed E-state index contributed by atoms with van der Waals surface area (Å²) < 4.78 is 0.906. The lowest BCUT2D eigenvalue weighted by atomic mass is 10.4. The minimum absolute atomic E-state index is 0.818. The van der Waals surface area contributed by atoms with Gasteiger partial charge in [-0.3, -0.25) is 0 Å². The quantitative estimate of drug-likeness (QED) is 0.867. The van der Waals surface area contributed by atoms with E-state index in [1.807, 2.05) is 7.05 Å². The van der Waals surface area contributed by atoms with E-state index >= 15 is 0 Å². The Hall–Kier alpha value is -0.840. The zero-order valence-electron chi connectivity index (χ0n) is 8.05. The van der Waals surface area contributed by atoms with Crippen LogP contribution in [0.3, 0.4) is 0 Å². The van der Waals surface area contributed by atoms with E-state index < -0.39 is 0 Å². The van der Waals surface area contributed by atoms with E-state index in [4.69, 9.17) is 0 Å². The molecule has 1 aromatic heterocycles. The van der Waals surface area contributed by atoms with E-state index in [9.17, 15) is 0 Å². The van der Waals surface area contributed by atoms with Crippen molar-refractivity contribution in [3.05, 3.63) is 10.8 Å². The molecule has 1 aliphatic carbocycles. The summed E-state index contributed by atoms with van der Waals surface area (Å²) in [4.78, 5) is 8.27. The third-order valence-corrected chi connectivity index (χ3v) is 3.03. The third-order valence-electron chi connectivity index (χ3n) is 2.28. The van der Waals surface area contributed by atoms with E-state index in [1.54, 1.807) is 6.33 Å². The van der Waals surface area contributed by atoms with Crippen LogP contribution in [-0.2, 0) is 0 Å². The Labute approximate surface area is 91.7 Å². The summed E-state index contributed by atoms with van der Waals surface area (Å²) in [6, 6.07) is 0. The van der Waals surface area contributed by atoms with Crippen LogP contribution in [0.1, 0.15) is 12.8 Å². The summed E-state index contributed by atoms with van der Waals surface area (Å²) in [7, 11) is 1.85. The highest BCUT2D eigenvalue weighted by molar-refractivity contribution is 9.10. The second-order valence-corrected chi connectivity index (χ2v) is 4.25. The SMILES string of the molecule is CNc1ncnc(NCC2CC2)c1Br. The molecule has 0 spiro atoms. The summed E-state index contributed by atoms with van der Waals surface area (Å²) in [6.45, 7) is 1.01. The lowest BCUT2D eigenvalue weighted by Gasteiger charge is -2.08. The molecule has 0 amide bonds. The van der Waals surface area contributed by atoms with Crippen molar-refractivity contribution in [1.82, 2.24) is 9.97 Å². The maximum absolute atomic E-state index is 4.18. The molecule has 0 radical (unpaired) electrons. The standard InChI is InChI=1S/C9H13BrN4/c1-11-8-7(10)9(14-5-13-8)12-4-6-2-3-6/h5-6H,2-4H2,1H3,(H2,11,12,13,14). The summed E-state index contributed by atoms with van der Waals surface area (Å²) in [6.07, 6.45) is 4.25. The van der Waals surface area contributed by atoms with Crippen LogP contribution in [0.25, 0.3) is 0 Å². The molecule has 0 saturated heterocycles. The van der Waals surface area contributed by atoms with Gasteiger partial charge < -0.3 is 10.6 Å². The van der Waals surface area contributed by atoms with E-state index in [0.717, 1.165) is 28.6 Å². The number of aromatic nitrogens is 2. The van der Waals surface area contributed by atoms with Crippen molar-refractivity contribution in [2.75, 3.05) is 24.2 Å². The van der Waals surface area contributed by atoms with Crippen molar-refractivity contribution in [3.63, 3.8) is 0 Å². The van der Waals surface area contributed by atoms with Crippen LogP contribution in [0.2, 0.25) is 0 Å². The first-order valence-corrected chi connectivity index (χ1v) is 5.52. The molecule has 0 aliphatic heterocycles. The average Bonchev–Trinajstić information content (AvgIpc) is 3.00. The van der Waals surface area contributed by atoms with E-state index in [1.165, 1.54) is 12.8 Å². The van der Waals surface area contributed by atoms with Gasteiger partial charge in [-0.1, -0.05) is 0 Å². The molecule has 0 atom stereocenters. The van der Waals surface area contributed by atoms with Crippen LogP contribution in [0.5, 0.6) is 0 Å². The molecular weight excluding hydrogens is 244 g/mol. The Kier molecular flexibility index (Phi) is 2.86. The molecule has 14 heavy (non-hydrogen) atoms. The van der Waals surface area contributed by atoms with Crippen LogP contribution in [0.15, 0.2) is 10.8 Å². The molecule has 76 valence electrons. The summed E-state index contributed by atoms with van der Waals surface area (Å²) in [5, 5.41) is 6.31. The average molecular weight is 257 g/mol.